The van der Waals surface area contributed by atoms with E-state index >= 15 is 0 Å². The third-order valence-electron chi connectivity index (χ3n) is 1.70. The summed E-state index contributed by atoms with van der Waals surface area (Å²) in [6, 6.07) is 3.29. The molecule has 1 rings (SSSR count). The molecule has 0 amide bonds. The monoisotopic (exact) mass is 209 g/mol. The van der Waals surface area contributed by atoms with Crippen molar-refractivity contribution in [2.45, 2.75) is 13.8 Å². The van der Waals surface area contributed by atoms with E-state index in [9.17, 15) is 0 Å². The molecule has 15 heavy (non-hydrogen) atoms. The number of ether oxygens (including phenoxy) is 1. The molecule has 0 bridgehead atoms. The molecule has 0 saturated heterocycles. The van der Waals surface area contributed by atoms with Gasteiger partial charge in [-0.05, 0) is 12.0 Å². The minimum atomic E-state index is 0.0480. The standard InChI is InChI=1S/C10H15N3O2/c1-7(2)6-15-9-5-8(3-4-12-9)10(11)13-14/h3-5,7,14H,6H2,1-2H3,(H2,11,13). The summed E-state index contributed by atoms with van der Waals surface area (Å²) in [5.74, 6) is 0.957. The molecule has 0 aromatic carbocycles. The molecule has 1 aromatic heterocycles. The average Bonchev–Trinajstić information content (AvgIpc) is 2.25. The van der Waals surface area contributed by atoms with Gasteiger partial charge in [-0.15, -0.1) is 0 Å². The fraction of sp³-hybridized carbons (Fsp3) is 0.400. The molecule has 5 heteroatoms. The van der Waals surface area contributed by atoms with Crippen LogP contribution in [0.5, 0.6) is 5.88 Å². The highest BCUT2D eigenvalue weighted by atomic mass is 16.5. The molecule has 0 aliphatic carbocycles. The summed E-state index contributed by atoms with van der Waals surface area (Å²) in [6.07, 6.45) is 1.56. The van der Waals surface area contributed by atoms with Crippen LogP contribution >= 0.6 is 0 Å². The van der Waals surface area contributed by atoms with Crippen molar-refractivity contribution in [2.24, 2.45) is 16.8 Å². The predicted octanol–water partition coefficient (Wildman–Crippen LogP) is 1.21. The summed E-state index contributed by atoms with van der Waals surface area (Å²) in [6.45, 7) is 4.69. The van der Waals surface area contributed by atoms with Crippen molar-refractivity contribution in [2.75, 3.05) is 6.61 Å². The number of rotatable bonds is 4. The lowest BCUT2D eigenvalue weighted by atomic mass is 10.2. The number of nitrogens with zero attached hydrogens (tertiary/aromatic N) is 2. The van der Waals surface area contributed by atoms with E-state index < -0.39 is 0 Å². The zero-order valence-corrected chi connectivity index (χ0v) is 8.84. The van der Waals surface area contributed by atoms with Crippen molar-refractivity contribution in [3.8, 4) is 5.88 Å². The Morgan fingerprint density at radius 1 is 1.67 bits per heavy atom. The van der Waals surface area contributed by atoms with Gasteiger partial charge in [0.05, 0.1) is 6.61 Å². The zero-order chi connectivity index (χ0) is 11.3. The van der Waals surface area contributed by atoms with E-state index in [4.69, 9.17) is 15.7 Å². The first-order chi connectivity index (χ1) is 7.13. The van der Waals surface area contributed by atoms with Gasteiger partial charge in [0.25, 0.3) is 0 Å². The minimum Gasteiger partial charge on any atom is -0.477 e. The lowest BCUT2D eigenvalue weighted by molar-refractivity contribution is 0.261. The first kappa shape index (κ1) is 11.3. The van der Waals surface area contributed by atoms with Gasteiger partial charge in [0.1, 0.15) is 0 Å². The molecule has 0 unspecified atom stereocenters. The van der Waals surface area contributed by atoms with Crippen molar-refractivity contribution < 1.29 is 9.94 Å². The molecule has 0 atom stereocenters. The lowest BCUT2D eigenvalue weighted by Crippen LogP contribution is -2.13. The van der Waals surface area contributed by atoms with Crippen molar-refractivity contribution >= 4 is 5.84 Å². The van der Waals surface area contributed by atoms with Crippen LogP contribution < -0.4 is 10.5 Å². The first-order valence-electron chi connectivity index (χ1n) is 4.70. The number of pyridine rings is 1. The molecule has 0 saturated carbocycles. The van der Waals surface area contributed by atoms with Crippen molar-refractivity contribution in [3.63, 3.8) is 0 Å². The minimum absolute atomic E-state index is 0.0480. The summed E-state index contributed by atoms with van der Waals surface area (Å²) in [5, 5.41) is 11.4. The average molecular weight is 209 g/mol. The third kappa shape index (κ3) is 3.46. The summed E-state index contributed by atoms with van der Waals surface area (Å²) in [5.41, 5.74) is 6.02. The maximum atomic E-state index is 8.50. The Bertz CT molecular complexity index is 350. The number of oxime groups is 1. The third-order valence-corrected chi connectivity index (χ3v) is 1.70. The summed E-state index contributed by atoms with van der Waals surface area (Å²) in [7, 11) is 0. The molecule has 5 nitrogen and oxygen atoms in total. The highest BCUT2D eigenvalue weighted by molar-refractivity contribution is 5.97. The van der Waals surface area contributed by atoms with Gasteiger partial charge >= 0.3 is 0 Å². The Balaban J connectivity index is 2.74. The fourth-order valence-electron chi connectivity index (χ4n) is 0.957. The molecule has 0 spiro atoms. The van der Waals surface area contributed by atoms with Crippen molar-refractivity contribution in [3.05, 3.63) is 23.9 Å². The van der Waals surface area contributed by atoms with Crippen LogP contribution in [0, 0.1) is 5.92 Å². The van der Waals surface area contributed by atoms with Gasteiger partial charge in [0, 0.05) is 17.8 Å². The van der Waals surface area contributed by atoms with Crippen LogP contribution in [0.15, 0.2) is 23.5 Å². The van der Waals surface area contributed by atoms with Crippen molar-refractivity contribution in [1.82, 2.24) is 4.98 Å². The van der Waals surface area contributed by atoms with Crippen LogP contribution in [0.4, 0.5) is 0 Å². The van der Waals surface area contributed by atoms with Crippen LogP contribution in [0.2, 0.25) is 0 Å². The maximum Gasteiger partial charge on any atom is 0.213 e. The Morgan fingerprint density at radius 2 is 2.40 bits per heavy atom. The van der Waals surface area contributed by atoms with E-state index in [1.165, 1.54) is 0 Å². The van der Waals surface area contributed by atoms with Crippen LogP contribution in [0.1, 0.15) is 19.4 Å². The smallest absolute Gasteiger partial charge is 0.213 e. The summed E-state index contributed by atoms with van der Waals surface area (Å²) in [4.78, 5) is 4.01. The van der Waals surface area contributed by atoms with Gasteiger partial charge in [0.2, 0.25) is 5.88 Å². The summed E-state index contributed by atoms with van der Waals surface area (Å²) >= 11 is 0. The molecule has 0 fully saturated rings. The Hall–Kier alpha value is -1.78. The molecule has 82 valence electrons. The second-order valence-electron chi connectivity index (χ2n) is 3.57. The quantitative estimate of drug-likeness (QED) is 0.338. The molecule has 1 aromatic rings. The highest BCUT2D eigenvalue weighted by Crippen LogP contribution is 2.10. The van der Waals surface area contributed by atoms with Gasteiger partial charge in [-0.1, -0.05) is 19.0 Å². The van der Waals surface area contributed by atoms with Gasteiger partial charge in [-0.25, -0.2) is 4.98 Å². The second-order valence-corrected chi connectivity index (χ2v) is 3.57. The largest absolute Gasteiger partial charge is 0.477 e. The predicted molar refractivity (Wildman–Crippen MR) is 57.1 cm³/mol. The van der Waals surface area contributed by atoms with Crippen LogP contribution in [0.3, 0.4) is 0 Å². The van der Waals surface area contributed by atoms with E-state index in [0.717, 1.165) is 0 Å². The number of hydrogen-bond donors (Lipinski definition) is 2. The molecule has 0 radical (unpaired) electrons. The molecular formula is C10H15N3O2. The van der Waals surface area contributed by atoms with E-state index in [2.05, 4.69) is 10.1 Å². The lowest BCUT2D eigenvalue weighted by Gasteiger charge is -2.08. The summed E-state index contributed by atoms with van der Waals surface area (Å²) < 4.78 is 5.40. The SMILES string of the molecule is CC(C)COc1cc(/C(N)=N/O)ccn1. The van der Waals surface area contributed by atoms with Crippen LogP contribution in [-0.2, 0) is 0 Å². The topological polar surface area (TPSA) is 80.7 Å². The maximum absolute atomic E-state index is 8.50. The molecule has 0 aliphatic rings. The molecule has 0 aliphatic heterocycles. The van der Waals surface area contributed by atoms with Gasteiger partial charge in [-0.2, -0.15) is 0 Å². The molecule has 1 heterocycles. The number of aromatic nitrogens is 1. The second kappa shape index (κ2) is 5.19. The van der Waals surface area contributed by atoms with E-state index in [1.807, 2.05) is 13.8 Å². The molecule has 3 N–H and O–H groups in total. The van der Waals surface area contributed by atoms with Crippen LogP contribution in [-0.4, -0.2) is 22.6 Å². The van der Waals surface area contributed by atoms with E-state index in [-0.39, 0.29) is 5.84 Å². The Morgan fingerprint density at radius 3 is 3.00 bits per heavy atom. The number of nitrogens with two attached hydrogens (primary N) is 1. The number of amidine groups is 1. The Labute approximate surface area is 88.6 Å². The fourth-order valence-corrected chi connectivity index (χ4v) is 0.957. The first-order valence-corrected chi connectivity index (χ1v) is 4.70. The van der Waals surface area contributed by atoms with E-state index in [0.29, 0.717) is 24.0 Å². The van der Waals surface area contributed by atoms with Gasteiger partial charge in [0.15, 0.2) is 5.84 Å². The zero-order valence-electron chi connectivity index (χ0n) is 8.84. The Kier molecular flexibility index (Phi) is 3.91. The van der Waals surface area contributed by atoms with Gasteiger partial charge in [-0.3, -0.25) is 0 Å². The number of hydrogen-bond acceptors (Lipinski definition) is 4. The van der Waals surface area contributed by atoms with Gasteiger partial charge < -0.3 is 15.7 Å². The van der Waals surface area contributed by atoms with E-state index in [1.54, 1.807) is 18.3 Å². The van der Waals surface area contributed by atoms with Crippen molar-refractivity contribution in [1.29, 1.82) is 0 Å². The van der Waals surface area contributed by atoms with Crippen LogP contribution in [0.25, 0.3) is 0 Å². The normalized spacial score (nSPS) is 11.8. The highest BCUT2D eigenvalue weighted by Gasteiger charge is 2.03. The molecular weight excluding hydrogens is 194 g/mol.